The lowest BCUT2D eigenvalue weighted by atomic mass is 9.76. The van der Waals surface area contributed by atoms with E-state index >= 15 is 0 Å². The van der Waals surface area contributed by atoms with Crippen LogP contribution in [0.15, 0.2) is 35.6 Å². The molecule has 2 heterocycles. The minimum Gasteiger partial charge on any atom is -0.494 e. The number of carbonyl (C=O) groups is 2. The Hall–Kier alpha value is -2.38. The quantitative estimate of drug-likeness (QED) is 0.665. The molecule has 0 radical (unpaired) electrons. The molecule has 1 aromatic carbocycles. The van der Waals surface area contributed by atoms with Crippen LogP contribution in [-0.2, 0) is 19.1 Å². The van der Waals surface area contributed by atoms with Crippen LogP contribution >= 0.6 is 0 Å². The maximum Gasteiger partial charge on any atom is 0.290 e. The van der Waals surface area contributed by atoms with E-state index in [-0.39, 0.29) is 35.6 Å². The van der Waals surface area contributed by atoms with Gasteiger partial charge in [-0.25, -0.2) is 0 Å². The second-order valence-corrected chi connectivity index (χ2v) is 8.75. The SMILES string of the molecule is CCOc1ccc(C2C3=C(OC4CC(OC)CCC4C3=O)C(=O)N2CCN(C)C)cc1. The molecule has 1 fully saturated rings. The lowest BCUT2D eigenvalue weighted by Crippen LogP contribution is -2.43. The van der Waals surface area contributed by atoms with Crippen LogP contribution in [0, 0.1) is 5.92 Å². The maximum absolute atomic E-state index is 13.6. The summed E-state index contributed by atoms with van der Waals surface area (Å²) < 4.78 is 17.3. The average Bonchev–Trinajstić information content (AvgIpc) is 3.04. The number of hydrogen-bond donors (Lipinski definition) is 0. The van der Waals surface area contributed by atoms with Crippen molar-refractivity contribution in [2.24, 2.45) is 5.92 Å². The van der Waals surface area contributed by atoms with Crippen LogP contribution in [-0.4, -0.2) is 74.6 Å². The van der Waals surface area contributed by atoms with Gasteiger partial charge in [0.05, 0.1) is 30.2 Å². The smallest absolute Gasteiger partial charge is 0.290 e. The summed E-state index contributed by atoms with van der Waals surface area (Å²) in [6, 6.07) is 7.26. The number of ketones is 1. The highest BCUT2D eigenvalue weighted by Gasteiger charge is 2.52. The lowest BCUT2D eigenvalue weighted by Gasteiger charge is -2.38. The number of carbonyl (C=O) groups excluding carboxylic acids is 2. The number of fused-ring (bicyclic) bond motifs is 1. The first-order valence-corrected chi connectivity index (χ1v) is 11.1. The van der Waals surface area contributed by atoms with Gasteiger partial charge in [0.25, 0.3) is 5.91 Å². The molecule has 4 rings (SSSR count). The second-order valence-electron chi connectivity index (χ2n) is 8.75. The monoisotopic (exact) mass is 428 g/mol. The molecule has 7 heteroatoms. The zero-order valence-corrected chi connectivity index (χ0v) is 18.8. The summed E-state index contributed by atoms with van der Waals surface area (Å²) in [7, 11) is 5.63. The number of Topliss-reactive ketones (excluding diaryl/α,β-unsaturated/α-hetero) is 1. The predicted octanol–water partition coefficient (Wildman–Crippen LogP) is 2.57. The van der Waals surface area contributed by atoms with Crippen molar-refractivity contribution in [1.29, 1.82) is 0 Å². The number of benzene rings is 1. The normalized spacial score (nSPS) is 28.0. The van der Waals surface area contributed by atoms with Crippen molar-refractivity contribution in [3.05, 3.63) is 41.2 Å². The summed E-state index contributed by atoms with van der Waals surface area (Å²) in [6.07, 6.45) is 1.98. The molecule has 0 spiro atoms. The molecule has 31 heavy (non-hydrogen) atoms. The fourth-order valence-corrected chi connectivity index (χ4v) is 4.89. The molecule has 3 aliphatic rings. The lowest BCUT2D eigenvalue weighted by molar-refractivity contribution is -0.138. The number of amides is 1. The molecule has 1 saturated carbocycles. The van der Waals surface area contributed by atoms with Crippen molar-refractivity contribution >= 4 is 11.7 Å². The van der Waals surface area contributed by atoms with E-state index in [4.69, 9.17) is 14.2 Å². The Bertz CT molecular complexity index is 863. The minimum atomic E-state index is -0.424. The second kappa shape index (κ2) is 9.01. The molecular formula is C24H32N2O5. The van der Waals surface area contributed by atoms with Gasteiger partial charge in [0.15, 0.2) is 11.5 Å². The topological polar surface area (TPSA) is 68.3 Å². The molecule has 7 nitrogen and oxygen atoms in total. The number of likely N-dealkylation sites (N-methyl/N-ethyl adjacent to an activating group) is 1. The van der Waals surface area contributed by atoms with Gasteiger partial charge < -0.3 is 24.0 Å². The maximum atomic E-state index is 13.6. The summed E-state index contributed by atoms with van der Waals surface area (Å²) in [6.45, 7) is 3.75. The van der Waals surface area contributed by atoms with Crippen molar-refractivity contribution < 1.29 is 23.8 Å². The molecule has 0 saturated heterocycles. The van der Waals surface area contributed by atoms with Gasteiger partial charge >= 0.3 is 0 Å². The highest BCUT2D eigenvalue weighted by Crippen LogP contribution is 2.47. The van der Waals surface area contributed by atoms with Crippen LogP contribution in [0.2, 0.25) is 0 Å². The Balaban J connectivity index is 1.69. The molecule has 4 atom stereocenters. The van der Waals surface area contributed by atoms with E-state index < -0.39 is 6.04 Å². The van der Waals surface area contributed by atoms with E-state index in [0.29, 0.717) is 31.7 Å². The van der Waals surface area contributed by atoms with Crippen LogP contribution in [0.4, 0.5) is 0 Å². The highest BCUT2D eigenvalue weighted by atomic mass is 16.5. The minimum absolute atomic E-state index is 0.0559. The number of ether oxygens (including phenoxy) is 3. The standard InChI is InChI=1S/C24H32N2O5/c1-5-30-16-8-6-15(7-9-16)21-20-22(27)18-11-10-17(29-4)14-19(18)31-23(20)24(28)26(21)13-12-25(2)3/h6-9,17-19,21H,5,10-14H2,1-4H3. The van der Waals surface area contributed by atoms with Gasteiger partial charge in [-0.05, 0) is 51.6 Å². The highest BCUT2D eigenvalue weighted by molar-refractivity contribution is 6.11. The molecule has 0 aromatic heterocycles. The van der Waals surface area contributed by atoms with Crippen molar-refractivity contribution in [2.75, 3.05) is 40.9 Å². The van der Waals surface area contributed by atoms with E-state index in [0.717, 1.165) is 24.2 Å². The number of hydrogen-bond acceptors (Lipinski definition) is 6. The largest absolute Gasteiger partial charge is 0.494 e. The first-order valence-electron chi connectivity index (χ1n) is 11.1. The molecule has 1 aliphatic carbocycles. The van der Waals surface area contributed by atoms with E-state index in [2.05, 4.69) is 0 Å². The zero-order valence-electron chi connectivity index (χ0n) is 18.8. The summed E-state index contributed by atoms with van der Waals surface area (Å²) >= 11 is 0. The zero-order chi connectivity index (χ0) is 22.1. The first kappa shape index (κ1) is 21.8. The fraction of sp³-hybridized carbons (Fsp3) is 0.583. The number of rotatable bonds is 7. The number of methoxy groups -OCH3 is 1. The molecule has 0 N–H and O–H groups in total. The molecule has 168 valence electrons. The Morgan fingerprint density at radius 2 is 1.90 bits per heavy atom. The third-order valence-corrected chi connectivity index (χ3v) is 6.53. The molecule has 1 amide bonds. The van der Waals surface area contributed by atoms with Gasteiger partial charge in [0.2, 0.25) is 0 Å². The Morgan fingerprint density at radius 1 is 1.16 bits per heavy atom. The van der Waals surface area contributed by atoms with Crippen molar-refractivity contribution in [1.82, 2.24) is 9.80 Å². The fourth-order valence-electron chi connectivity index (χ4n) is 4.89. The Labute approximate surface area is 183 Å². The van der Waals surface area contributed by atoms with Crippen molar-refractivity contribution in [3.63, 3.8) is 0 Å². The van der Waals surface area contributed by atoms with Crippen LogP contribution < -0.4 is 4.74 Å². The van der Waals surface area contributed by atoms with Gasteiger partial charge in [-0.3, -0.25) is 9.59 Å². The number of nitrogens with zero attached hydrogens (tertiary/aromatic N) is 2. The third kappa shape index (κ3) is 4.08. The van der Waals surface area contributed by atoms with Crippen molar-refractivity contribution in [2.45, 2.75) is 44.4 Å². The van der Waals surface area contributed by atoms with Crippen LogP contribution in [0.25, 0.3) is 0 Å². The molecular weight excluding hydrogens is 396 g/mol. The molecule has 4 unspecified atom stereocenters. The van der Waals surface area contributed by atoms with Gasteiger partial charge in [0, 0.05) is 26.6 Å². The van der Waals surface area contributed by atoms with E-state index in [1.165, 1.54) is 0 Å². The van der Waals surface area contributed by atoms with Crippen molar-refractivity contribution in [3.8, 4) is 5.75 Å². The molecule has 1 aromatic rings. The Kier molecular flexibility index (Phi) is 6.34. The van der Waals surface area contributed by atoms with Gasteiger partial charge in [0.1, 0.15) is 11.9 Å². The predicted molar refractivity (Wildman–Crippen MR) is 116 cm³/mol. The molecule has 2 aliphatic heterocycles. The third-order valence-electron chi connectivity index (χ3n) is 6.53. The first-order chi connectivity index (χ1) is 14.9. The van der Waals surface area contributed by atoms with Gasteiger partial charge in [-0.1, -0.05) is 12.1 Å². The van der Waals surface area contributed by atoms with Crippen LogP contribution in [0.3, 0.4) is 0 Å². The average molecular weight is 429 g/mol. The van der Waals surface area contributed by atoms with E-state index in [1.54, 1.807) is 12.0 Å². The van der Waals surface area contributed by atoms with Gasteiger partial charge in [-0.15, -0.1) is 0 Å². The summed E-state index contributed by atoms with van der Waals surface area (Å²) in [5.41, 5.74) is 1.42. The summed E-state index contributed by atoms with van der Waals surface area (Å²) in [4.78, 5) is 30.8. The summed E-state index contributed by atoms with van der Waals surface area (Å²) in [5.74, 6) is 0.661. The van der Waals surface area contributed by atoms with Crippen LogP contribution in [0.5, 0.6) is 5.75 Å². The van der Waals surface area contributed by atoms with Gasteiger partial charge in [-0.2, -0.15) is 0 Å². The molecule has 0 bridgehead atoms. The van der Waals surface area contributed by atoms with E-state index in [1.807, 2.05) is 50.2 Å². The van der Waals surface area contributed by atoms with E-state index in [9.17, 15) is 9.59 Å². The summed E-state index contributed by atoms with van der Waals surface area (Å²) in [5, 5.41) is 0. The van der Waals surface area contributed by atoms with Crippen LogP contribution in [0.1, 0.15) is 37.8 Å². The Morgan fingerprint density at radius 3 is 2.55 bits per heavy atom.